The highest BCUT2D eigenvalue weighted by Gasteiger charge is 2.22. The molecule has 13 aromatic rings. The molecule has 0 aliphatic rings. The highest BCUT2D eigenvalue weighted by Crippen LogP contribution is 2.49. The molecule has 0 heterocycles. The van der Waals surface area contributed by atoms with E-state index in [2.05, 4.69) is 267 Å². The van der Waals surface area contributed by atoms with Crippen molar-refractivity contribution in [2.45, 2.75) is 0 Å². The third kappa shape index (κ3) is 6.61. The summed E-state index contributed by atoms with van der Waals surface area (Å²) >= 11 is 0. The number of hydrogen-bond donors (Lipinski definition) is 0. The molecule has 0 heteroatoms. The Morgan fingerprint density at radius 3 is 1.13 bits per heavy atom. The molecule has 0 aliphatic carbocycles. The fourth-order valence-electron chi connectivity index (χ4n) is 11.0. The lowest BCUT2D eigenvalue weighted by atomic mass is 9.82. The average molecular weight is 861 g/mol. The minimum Gasteiger partial charge on any atom is -0.0622 e. The summed E-state index contributed by atoms with van der Waals surface area (Å²) in [5.74, 6) is 0. The van der Waals surface area contributed by atoms with Gasteiger partial charge in [0.15, 0.2) is 0 Å². The van der Waals surface area contributed by atoms with E-state index in [9.17, 15) is 0 Å². The van der Waals surface area contributed by atoms with Crippen molar-refractivity contribution < 1.29 is 0 Å². The van der Waals surface area contributed by atoms with Gasteiger partial charge in [0.1, 0.15) is 0 Å². The molecule has 0 bridgehead atoms. The van der Waals surface area contributed by atoms with Gasteiger partial charge in [-0.05, 0) is 156 Å². The maximum atomic E-state index is 2.43. The first-order valence-electron chi connectivity index (χ1n) is 23.6. The van der Waals surface area contributed by atoms with Crippen LogP contribution in [0, 0.1) is 0 Å². The summed E-state index contributed by atoms with van der Waals surface area (Å²) in [5, 5.41) is 12.5. The highest BCUT2D eigenvalue weighted by molar-refractivity contribution is 6.27. The normalized spacial score (nSPS) is 11.5. The van der Waals surface area contributed by atoms with Crippen molar-refractivity contribution in [1.82, 2.24) is 0 Å². The lowest BCUT2D eigenvalue weighted by Gasteiger charge is -2.21. The second kappa shape index (κ2) is 16.5. The van der Waals surface area contributed by atoms with E-state index < -0.39 is 0 Å². The molecular formula is C68H44. The van der Waals surface area contributed by atoms with E-state index in [1.807, 2.05) is 0 Å². The Labute approximate surface area is 396 Å². The first-order chi connectivity index (χ1) is 33.8. The average Bonchev–Trinajstić information content (AvgIpc) is 3.42. The maximum absolute atomic E-state index is 2.43. The van der Waals surface area contributed by atoms with Crippen LogP contribution in [-0.4, -0.2) is 0 Å². The van der Waals surface area contributed by atoms with E-state index in [1.165, 1.54) is 132 Å². The van der Waals surface area contributed by atoms with Crippen LogP contribution in [0.3, 0.4) is 0 Å². The van der Waals surface area contributed by atoms with Crippen molar-refractivity contribution >= 4 is 53.9 Å². The molecule has 0 aliphatic heterocycles. The molecule has 13 rings (SSSR count). The number of fused-ring (bicyclic) bond motifs is 6. The van der Waals surface area contributed by atoms with Gasteiger partial charge in [0.2, 0.25) is 0 Å². The standard InChI is InChI=1S/C68H44/c1-5-21-45(22-6-1)52-43-62(46-23-7-2-8-24-46)67(63(44-52)47-25-9-3-10-26-47)51-31-19-30-50(41-51)66-57-33-15-17-35-59(57)68(60-36-18-16-34-58(60)66)56-38-20-37-54-55(56)39-40-61-64(54)42-49-29-13-14-32-53(49)65(61)48-27-11-4-12-28-48/h1-44H. The van der Waals surface area contributed by atoms with E-state index in [4.69, 9.17) is 0 Å². The molecule has 0 amide bonds. The van der Waals surface area contributed by atoms with Crippen molar-refractivity contribution in [3.05, 3.63) is 267 Å². The molecular weight excluding hydrogens is 817 g/mol. The summed E-state index contributed by atoms with van der Waals surface area (Å²) < 4.78 is 0. The SMILES string of the molecule is c1ccc(-c2cc(-c3ccccc3)c(-c3cccc(-c4c5ccccc5c(-c5cccc6c5ccc5c(-c7ccccc7)c7ccccc7cc56)c5ccccc45)c3)c(-c3ccccc3)c2)cc1. The van der Waals surface area contributed by atoms with Gasteiger partial charge in [0.25, 0.3) is 0 Å². The molecule has 0 N–H and O–H groups in total. The Kier molecular flexibility index (Phi) is 9.62. The Bertz CT molecular complexity index is 3920. The van der Waals surface area contributed by atoms with Gasteiger partial charge in [0, 0.05) is 0 Å². The van der Waals surface area contributed by atoms with Crippen molar-refractivity contribution in [3.63, 3.8) is 0 Å². The van der Waals surface area contributed by atoms with Crippen molar-refractivity contribution in [1.29, 1.82) is 0 Å². The summed E-state index contributed by atoms with van der Waals surface area (Å²) in [7, 11) is 0. The molecule has 316 valence electrons. The third-order valence-electron chi connectivity index (χ3n) is 14.0. The minimum absolute atomic E-state index is 1.18. The van der Waals surface area contributed by atoms with Crippen LogP contribution in [-0.2, 0) is 0 Å². The van der Waals surface area contributed by atoms with E-state index in [1.54, 1.807) is 0 Å². The van der Waals surface area contributed by atoms with E-state index >= 15 is 0 Å². The largest absolute Gasteiger partial charge is 0.0622 e. The molecule has 0 fully saturated rings. The van der Waals surface area contributed by atoms with Crippen LogP contribution in [0.5, 0.6) is 0 Å². The molecule has 0 spiro atoms. The van der Waals surface area contributed by atoms with Gasteiger partial charge in [-0.25, -0.2) is 0 Å². The summed E-state index contributed by atoms with van der Waals surface area (Å²) in [4.78, 5) is 0. The topological polar surface area (TPSA) is 0 Å². The van der Waals surface area contributed by atoms with Gasteiger partial charge < -0.3 is 0 Å². The number of rotatable bonds is 7. The fourth-order valence-corrected chi connectivity index (χ4v) is 11.0. The Morgan fingerprint density at radius 1 is 0.147 bits per heavy atom. The van der Waals surface area contributed by atoms with E-state index in [-0.39, 0.29) is 0 Å². The van der Waals surface area contributed by atoms with Crippen molar-refractivity contribution in [2.75, 3.05) is 0 Å². The van der Waals surface area contributed by atoms with Crippen LogP contribution in [0.2, 0.25) is 0 Å². The zero-order valence-electron chi connectivity index (χ0n) is 37.4. The summed E-state index contributed by atoms with van der Waals surface area (Å²) in [6, 6.07) is 98.4. The number of benzene rings is 13. The van der Waals surface area contributed by atoms with Gasteiger partial charge >= 0.3 is 0 Å². The van der Waals surface area contributed by atoms with Crippen LogP contribution in [0.25, 0.3) is 132 Å². The zero-order chi connectivity index (χ0) is 45.0. The maximum Gasteiger partial charge on any atom is -0.00201 e. The van der Waals surface area contributed by atoms with Gasteiger partial charge in [-0.3, -0.25) is 0 Å². The van der Waals surface area contributed by atoms with Gasteiger partial charge in [-0.1, -0.05) is 243 Å². The second-order valence-corrected chi connectivity index (χ2v) is 17.9. The highest BCUT2D eigenvalue weighted by atomic mass is 14.2. The molecule has 0 radical (unpaired) electrons. The van der Waals surface area contributed by atoms with Crippen LogP contribution >= 0.6 is 0 Å². The summed E-state index contributed by atoms with van der Waals surface area (Å²) in [6.07, 6.45) is 0. The molecule has 0 saturated carbocycles. The molecule has 0 atom stereocenters. The molecule has 0 nitrogen and oxygen atoms in total. The first-order valence-corrected chi connectivity index (χ1v) is 23.6. The molecule has 0 unspecified atom stereocenters. The zero-order valence-corrected chi connectivity index (χ0v) is 37.4. The van der Waals surface area contributed by atoms with Gasteiger partial charge in [0.05, 0.1) is 0 Å². The lowest BCUT2D eigenvalue weighted by molar-refractivity contribution is 1.54. The smallest absolute Gasteiger partial charge is 0.00201 e. The Hall–Kier alpha value is -8.84. The van der Waals surface area contributed by atoms with E-state index in [0.29, 0.717) is 0 Å². The predicted octanol–water partition coefficient (Wildman–Crippen LogP) is 19.1. The minimum atomic E-state index is 1.18. The van der Waals surface area contributed by atoms with Crippen molar-refractivity contribution in [2.24, 2.45) is 0 Å². The van der Waals surface area contributed by atoms with Crippen LogP contribution in [0.4, 0.5) is 0 Å². The summed E-state index contributed by atoms with van der Waals surface area (Å²) in [5.41, 5.74) is 17.1. The summed E-state index contributed by atoms with van der Waals surface area (Å²) in [6.45, 7) is 0. The van der Waals surface area contributed by atoms with Crippen LogP contribution in [0.1, 0.15) is 0 Å². The Morgan fingerprint density at radius 2 is 0.544 bits per heavy atom. The van der Waals surface area contributed by atoms with Gasteiger partial charge in [-0.2, -0.15) is 0 Å². The van der Waals surface area contributed by atoms with Crippen molar-refractivity contribution in [3.8, 4) is 77.9 Å². The Balaban J connectivity index is 1.05. The molecule has 0 saturated heterocycles. The number of hydrogen-bond acceptors (Lipinski definition) is 0. The monoisotopic (exact) mass is 860 g/mol. The quantitative estimate of drug-likeness (QED) is 0.111. The predicted molar refractivity (Wildman–Crippen MR) is 292 cm³/mol. The van der Waals surface area contributed by atoms with Crippen LogP contribution < -0.4 is 0 Å². The molecule has 0 aromatic heterocycles. The lowest BCUT2D eigenvalue weighted by Crippen LogP contribution is -1.95. The van der Waals surface area contributed by atoms with Crippen LogP contribution in [0.15, 0.2) is 267 Å². The molecule has 13 aromatic carbocycles. The van der Waals surface area contributed by atoms with E-state index in [0.717, 1.165) is 0 Å². The third-order valence-corrected chi connectivity index (χ3v) is 14.0. The molecule has 68 heavy (non-hydrogen) atoms. The van der Waals surface area contributed by atoms with Gasteiger partial charge in [-0.15, -0.1) is 0 Å². The fraction of sp³-hybridized carbons (Fsp3) is 0. The first kappa shape index (κ1) is 39.5. The second-order valence-electron chi connectivity index (χ2n) is 17.9.